The number of halogens is 3. The Morgan fingerprint density at radius 1 is 1.11 bits per heavy atom. The van der Waals surface area contributed by atoms with E-state index in [0.29, 0.717) is 30.0 Å². The Balaban J connectivity index is 1.44. The normalized spacial score (nSPS) is 14.8. The quantitative estimate of drug-likeness (QED) is 0.242. The Morgan fingerprint density at radius 3 is 2.68 bits per heavy atom. The fourth-order valence-electron chi connectivity index (χ4n) is 5.41. The van der Waals surface area contributed by atoms with Gasteiger partial charge in [-0.25, -0.2) is 4.98 Å². The van der Waals surface area contributed by atoms with E-state index >= 15 is 0 Å². The van der Waals surface area contributed by atoms with Crippen molar-refractivity contribution in [2.24, 2.45) is 0 Å². The molecule has 0 bridgehead atoms. The number of ether oxygens (including phenoxy) is 1. The number of rotatable bonds is 7. The van der Waals surface area contributed by atoms with E-state index < -0.39 is 11.7 Å². The third-order valence-electron chi connectivity index (χ3n) is 7.21. The van der Waals surface area contributed by atoms with Crippen molar-refractivity contribution >= 4 is 16.9 Å². The number of carbonyl (C=O) groups excluding carboxylic acids is 1. The van der Waals surface area contributed by atoms with Gasteiger partial charge in [-0.1, -0.05) is 37.5 Å². The standard InChI is InChI=1S/C29H30F3N3O2/c1-2-37-28(36)14-16-34-15-13-23-26(34)9-6-10-27(23)35-18-25(33-19-35)21-11-12-22(20-7-4-3-5-8-20)24(17-21)29(30,31)32/h6,9-13,15,17-20H,2-5,7-8,14,16H2,1H3. The molecule has 5 rings (SSSR count). The highest BCUT2D eigenvalue weighted by molar-refractivity contribution is 5.88. The maximum Gasteiger partial charge on any atom is 0.416 e. The molecule has 2 aromatic carbocycles. The number of hydrogen-bond acceptors (Lipinski definition) is 3. The molecule has 37 heavy (non-hydrogen) atoms. The van der Waals surface area contributed by atoms with Crippen LogP contribution in [0.5, 0.6) is 0 Å². The molecule has 194 valence electrons. The lowest BCUT2D eigenvalue weighted by Crippen LogP contribution is -2.14. The van der Waals surface area contributed by atoms with Crippen molar-refractivity contribution in [3.63, 3.8) is 0 Å². The van der Waals surface area contributed by atoms with Gasteiger partial charge >= 0.3 is 12.1 Å². The van der Waals surface area contributed by atoms with E-state index in [1.165, 1.54) is 6.07 Å². The second-order valence-electron chi connectivity index (χ2n) is 9.57. The Kier molecular flexibility index (Phi) is 7.09. The summed E-state index contributed by atoms with van der Waals surface area (Å²) in [5, 5.41) is 0.957. The molecule has 0 radical (unpaired) electrons. The molecule has 0 spiro atoms. The summed E-state index contributed by atoms with van der Waals surface area (Å²) in [6, 6.07) is 12.5. The summed E-state index contributed by atoms with van der Waals surface area (Å²) in [7, 11) is 0. The third-order valence-corrected chi connectivity index (χ3v) is 7.21. The molecule has 8 heteroatoms. The molecule has 1 saturated carbocycles. The predicted molar refractivity (Wildman–Crippen MR) is 137 cm³/mol. The van der Waals surface area contributed by atoms with Crippen molar-refractivity contribution < 1.29 is 22.7 Å². The molecule has 0 saturated heterocycles. The maximum absolute atomic E-state index is 14.0. The van der Waals surface area contributed by atoms with Crippen molar-refractivity contribution in [3.8, 4) is 16.9 Å². The van der Waals surface area contributed by atoms with Gasteiger partial charge in [0.25, 0.3) is 0 Å². The number of hydrogen-bond donors (Lipinski definition) is 0. The first-order valence-corrected chi connectivity index (χ1v) is 12.8. The average molecular weight is 510 g/mol. The fourth-order valence-corrected chi connectivity index (χ4v) is 5.41. The minimum atomic E-state index is -4.41. The molecule has 2 heterocycles. The molecule has 0 unspecified atom stereocenters. The molecule has 0 N–H and O–H groups in total. The fraction of sp³-hybridized carbons (Fsp3) is 0.379. The number of carbonyl (C=O) groups is 1. The van der Waals surface area contributed by atoms with Gasteiger partial charge in [0.15, 0.2) is 0 Å². The molecule has 5 nitrogen and oxygen atoms in total. The summed E-state index contributed by atoms with van der Waals surface area (Å²) >= 11 is 0. The topological polar surface area (TPSA) is 49.0 Å². The van der Waals surface area contributed by atoms with E-state index in [-0.39, 0.29) is 18.3 Å². The molecule has 0 amide bonds. The molecule has 2 aromatic heterocycles. The van der Waals surface area contributed by atoms with E-state index in [1.807, 2.05) is 39.6 Å². The van der Waals surface area contributed by atoms with Crippen LogP contribution in [-0.4, -0.2) is 26.7 Å². The monoisotopic (exact) mass is 509 g/mol. The van der Waals surface area contributed by atoms with Gasteiger partial charge in [-0.3, -0.25) is 4.79 Å². The smallest absolute Gasteiger partial charge is 0.416 e. The lowest BCUT2D eigenvalue weighted by Gasteiger charge is -2.25. The van der Waals surface area contributed by atoms with Gasteiger partial charge in [0.1, 0.15) is 0 Å². The van der Waals surface area contributed by atoms with Crippen molar-refractivity contribution in [1.82, 2.24) is 14.1 Å². The van der Waals surface area contributed by atoms with Crippen LogP contribution in [0.2, 0.25) is 0 Å². The van der Waals surface area contributed by atoms with Crippen molar-refractivity contribution in [1.29, 1.82) is 0 Å². The largest absolute Gasteiger partial charge is 0.466 e. The maximum atomic E-state index is 14.0. The van der Waals surface area contributed by atoms with Gasteiger partial charge in [0, 0.05) is 29.9 Å². The van der Waals surface area contributed by atoms with E-state index in [1.54, 1.807) is 31.6 Å². The molecule has 0 atom stereocenters. The van der Waals surface area contributed by atoms with Gasteiger partial charge in [-0.2, -0.15) is 13.2 Å². The number of imidazole rings is 1. The first kappa shape index (κ1) is 25.1. The SMILES string of the molecule is CCOC(=O)CCn1ccc2c(-n3cnc(-c4ccc(C5CCCCC5)c(C(F)(F)F)c4)c3)cccc21. The van der Waals surface area contributed by atoms with E-state index in [0.717, 1.165) is 48.7 Å². The number of aromatic nitrogens is 3. The molecule has 4 aromatic rings. The average Bonchev–Trinajstić information content (AvgIpc) is 3.55. The third kappa shape index (κ3) is 5.29. The second-order valence-corrected chi connectivity index (χ2v) is 9.57. The highest BCUT2D eigenvalue weighted by Crippen LogP contribution is 2.42. The Bertz CT molecular complexity index is 1400. The first-order valence-electron chi connectivity index (χ1n) is 12.8. The van der Waals surface area contributed by atoms with Gasteiger partial charge in [0.05, 0.1) is 41.8 Å². The van der Waals surface area contributed by atoms with Gasteiger partial charge < -0.3 is 13.9 Å². The van der Waals surface area contributed by atoms with E-state index in [9.17, 15) is 18.0 Å². The van der Waals surface area contributed by atoms with Gasteiger partial charge in [-0.05, 0) is 55.5 Å². The van der Waals surface area contributed by atoms with Gasteiger partial charge in [-0.15, -0.1) is 0 Å². The zero-order valence-electron chi connectivity index (χ0n) is 20.8. The number of nitrogens with zero attached hydrogens (tertiary/aromatic N) is 3. The van der Waals surface area contributed by atoms with Crippen LogP contribution in [0.15, 0.2) is 61.2 Å². The van der Waals surface area contributed by atoms with Crippen molar-refractivity contribution in [2.75, 3.05) is 6.61 Å². The van der Waals surface area contributed by atoms with Crippen LogP contribution in [-0.2, 0) is 22.3 Å². The number of alkyl halides is 3. The van der Waals surface area contributed by atoms with Crippen LogP contribution in [0.25, 0.3) is 27.8 Å². The summed E-state index contributed by atoms with van der Waals surface area (Å²) in [5.74, 6) is -0.282. The van der Waals surface area contributed by atoms with E-state index in [4.69, 9.17) is 4.74 Å². The van der Waals surface area contributed by atoms with Crippen LogP contribution < -0.4 is 0 Å². The van der Waals surface area contributed by atoms with Crippen LogP contribution in [0.3, 0.4) is 0 Å². The zero-order valence-corrected chi connectivity index (χ0v) is 20.8. The lowest BCUT2D eigenvalue weighted by molar-refractivity contribution is -0.143. The van der Waals surface area contributed by atoms with Crippen LogP contribution in [0.4, 0.5) is 13.2 Å². The summed E-state index contributed by atoms with van der Waals surface area (Å²) in [6.07, 6.45) is 5.83. The van der Waals surface area contributed by atoms with Crippen molar-refractivity contribution in [3.05, 3.63) is 72.3 Å². The Labute approximate surface area is 213 Å². The molecule has 1 aliphatic rings. The molecule has 1 fully saturated rings. The molecule has 1 aliphatic carbocycles. The highest BCUT2D eigenvalue weighted by Gasteiger charge is 2.36. The Morgan fingerprint density at radius 2 is 1.92 bits per heavy atom. The molecule has 0 aliphatic heterocycles. The Hall–Kier alpha value is -3.55. The predicted octanol–water partition coefficient (Wildman–Crippen LogP) is 7.51. The minimum absolute atomic E-state index is 0.0394. The van der Waals surface area contributed by atoms with E-state index in [2.05, 4.69) is 4.98 Å². The number of fused-ring (bicyclic) bond motifs is 1. The summed E-state index contributed by atoms with van der Waals surface area (Å²) in [6.45, 7) is 2.63. The van der Waals surface area contributed by atoms with Crippen LogP contribution >= 0.6 is 0 Å². The zero-order chi connectivity index (χ0) is 26.0. The van der Waals surface area contributed by atoms with Crippen molar-refractivity contribution in [2.45, 2.75) is 64.1 Å². The second kappa shape index (κ2) is 10.4. The first-order chi connectivity index (χ1) is 17.8. The molecular formula is C29H30F3N3O2. The highest BCUT2D eigenvalue weighted by atomic mass is 19.4. The number of benzene rings is 2. The molecular weight excluding hydrogens is 479 g/mol. The number of esters is 1. The minimum Gasteiger partial charge on any atom is -0.466 e. The van der Waals surface area contributed by atoms with Gasteiger partial charge in [0.2, 0.25) is 0 Å². The number of aryl methyl sites for hydroxylation is 1. The summed E-state index contributed by atoms with van der Waals surface area (Å²) in [5.41, 5.74) is 2.61. The van der Waals surface area contributed by atoms with Crippen LogP contribution in [0.1, 0.15) is 62.5 Å². The summed E-state index contributed by atoms with van der Waals surface area (Å²) in [4.78, 5) is 16.2. The van der Waals surface area contributed by atoms with Crippen LogP contribution in [0, 0.1) is 0 Å². The lowest BCUT2D eigenvalue weighted by atomic mass is 9.81. The summed E-state index contributed by atoms with van der Waals surface area (Å²) < 4.78 is 51.0.